The summed E-state index contributed by atoms with van der Waals surface area (Å²) in [7, 11) is 0. The summed E-state index contributed by atoms with van der Waals surface area (Å²) in [4.78, 5) is 0. The van der Waals surface area contributed by atoms with Crippen LogP contribution in [0.1, 0.15) is 18.4 Å². The normalized spacial score (nSPS) is 35.2. The molecule has 80 valence electrons. The highest BCUT2D eigenvalue weighted by molar-refractivity contribution is 5.27. The van der Waals surface area contributed by atoms with Gasteiger partial charge in [0.1, 0.15) is 0 Å². The number of nitrogens with zero attached hydrogens (tertiary/aromatic N) is 1. The van der Waals surface area contributed by atoms with Crippen LogP contribution in [0.4, 0.5) is 0 Å². The molecular formula is C15H15N. The van der Waals surface area contributed by atoms with Crippen LogP contribution in [0.25, 0.3) is 0 Å². The summed E-state index contributed by atoms with van der Waals surface area (Å²) in [5.41, 5.74) is 1.17. The number of rotatable bonds is 2. The molecule has 0 radical (unpaired) electrons. The topological polar surface area (TPSA) is 23.8 Å². The molecule has 1 saturated carbocycles. The van der Waals surface area contributed by atoms with Crippen LogP contribution in [0, 0.1) is 28.6 Å². The van der Waals surface area contributed by atoms with Crippen LogP contribution < -0.4 is 0 Å². The number of hydrogen-bond donors (Lipinski definition) is 0. The first-order chi connectivity index (χ1) is 7.82. The molecule has 1 aromatic carbocycles. The molecule has 0 spiro atoms. The highest BCUT2D eigenvalue weighted by Crippen LogP contribution is 2.53. The van der Waals surface area contributed by atoms with Crippen LogP contribution in [0.5, 0.6) is 0 Å². The predicted molar refractivity (Wildman–Crippen MR) is 63.5 cm³/mol. The fourth-order valence-electron chi connectivity index (χ4n) is 3.29. The summed E-state index contributed by atoms with van der Waals surface area (Å²) in [6.07, 6.45) is 7.72. The lowest BCUT2D eigenvalue weighted by atomic mass is 9.73. The Morgan fingerprint density at radius 3 is 2.62 bits per heavy atom. The Morgan fingerprint density at radius 2 is 2.06 bits per heavy atom. The number of fused-ring (bicyclic) bond motifs is 2. The van der Waals surface area contributed by atoms with Gasteiger partial charge in [-0.25, -0.2) is 0 Å². The minimum absolute atomic E-state index is 0.124. The predicted octanol–water partition coefficient (Wildman–Crippen LogP) is 3.34. The van der Waals surface area contributed by atoms with Gasteiger partial charge in [0.2, 0.25) is 0 Å². The number of benzene rings is 1. The van der Waals surface area contributed by atoms with E-state index in [4.69, 9.17) is 0 Å². The molecule has 1 aromatic rings. The summed E-state index contributed by atoms with van der Waals surface area (Å²) in [5.74, 6) is 1.15. The van der Waals surface area contributed by atoms with Crippen molar-refractivity contribution in [3.63, 3.8) is 0 Å². The highest BCUT2D eigenvalue weighted by atomic mass is 14.5. The monoisotopic (exact) mass is 209 g/mol. The summed E-state index contributed by atoms with van der Waals surface area (Å²) in [5, 5.41) is 9.52. The average molecular weight is 209 g/mol. The Hall–Kier alpha value is -1.55. The largest absolute Gasteiger partial charge is 0.198 e. The van der Waals surface area contributed by atoms with Crippen LogP contribution >= 0.6 is 0 Å². The Bertz CT molecular complexity index is 454. The molecule has 3 rings (SSSR count). The molecule has 0 aromatic heterocycles. The van der Waals surface area contributed by atoms with Crippen molar-refractivity contribution in [2.45, 2.75) is 19.3 Å². The number of hydrogen-bond acceptors (Lipinski definition) is 1. The van der Waals surface area contributed by atoms with Gasteiger partial charge in [0.25, 0.3) is 0 Å². The molecule has 1 fully saturated rings. The van der Waals surface area contributed by atoms with Gasteiger partial charge in [-0.2, -0.15) is 5.26 Å². The van der Waals surface area contributed by atoms with E-state index in [1.165, 1.54) is 12.0 Å². The first kappa shape index (κ1) is 9.66. The Morgan fingerprint density at radius 1 is 1.25 bits per heavy atom. The zero-order valence-electron chi connectivity index (χ0n) is 9.26. The van der Waals surface area contributed by atoms with Crippen LogP contribution in [0.15, 0.2) is 42.5 Å². The lowest BCUT2D eigenvalue weighted by Crippen LogP contribution is -2.26. The van der Waals surface area contributed by atoms with Gasteiger partial charge in [-0.3, -0.25) is 0 Å². The van der Waals surface area contributed by atoms with Gasteiger partial charge in [0.15, 0.2) is 0 Å². The van der Waals surface area contributed by atoms with Crippen LogP contribution in [0.3, 0.4) is 0 Å². The minimum Gasteiger partial charge on any atom is -0.198 e. The van der Waals surface area contributed by atoms with Gasteiger partial charge < -0.3 is 0 Å². The average Bonchev–Trinajstić information content (AvgIpc) is 2.91. The van der Waals surface area contributed by atoms with E-state index in [9.17, 15) is 5.26 Å². The molecule has 0 heterocycles. The van der Waals surface area contributed by atoms with Gasteiger partial charge in [0, 0.05) is 0 Å². The molecule has 0 aliphatic heterocycles. The van der Waals surface area contributed by atoms with E-state index in [-0.39, 0.29) is 5.41 Å². The Balaban J connectivity index is 1.89. The summed E-state index contributed by atoms with van der Waals surface area (Å²) < 4.78 is 0. The fraction of sp³-hybridized carbons (Fsp3) is 0.400. The molecule has 2 aliphatic carbocycles. The molecule has 0 saturated heterocycles. The lowest BCUT2D eigenvalue weighted by Gasteiger charge is -2.28. The first-order valence-corrected chi connectivity index (χ1v) is 5.96. The van der Waals surface area contributed by atoms with Gasteiger partial charge in [-0.1, -0.05) is 42.5 Å². The maximum absolute atomic E-state index is 9.52. The van der Waals surface area contributed by atoms with E-state index >= 15 is 0 Å². The Kier molecular flexibility index (Phi) is 2.11. The zero-order chi connectivity index (χ0) is 11.0. The quantitative estimate of drug-likeness (QED) is 0.685. The minimum atomic E-state index is -0.124. The maximum atomic E-state index is 9.52. The van der Waals surface area contributed by atoms with Crippen LogP contribution in [-0.2, 0) is 6.42 Å². The summed E-state index contributed by atoms with van der Waals surface area (Å²) in [6, 6.07) is 13.0. The van der Waals surface area contributed by atoms with Gasteiger partial charge in [-0.15, -0.1) is 0 Å². The van der Waals surface area contributed by atoms with Crippen LogP contribution in [0.2, 0.25) is 0 Å². The molecule has 1 heteroatoms. The lowest BCUT2D eigenvalue weighted by molar-refractivity contribution is 0.324. The summed E-state index contributed by atoms with van der Waals surface area (Å²) >= 11 is 0. The van der Waals surface area contributed by atoms with Gasteiger partial charge in [-0.05, 0) is 36.7 Å². The SMILES string of the molecule is N#C[C@]1(Cc2ccccc2)C[C@@H]2C=C[C@H]1C2. The highest BCUT2D eigenvalue weighted by Gasteiger charge is 2.48. The maximum Gasteiger partial charge on any atom is 0.0699 e. The van der Waals surface area contributed by atoms with Crippen molar-refractivity contribution in [1.82, 2.24) is 0 Å². The van der Waals surface area contributed by atoms with Crippen molar-refractivity contribution in [3.05, 3.63) is 48.0 Å². The molecule has 0 N–H and O–H groups in total. The third kappa shape index (κ3) is 1.38. The zero-order valence-corrected chi connectivity index (χ0v) is 9.26. The van der Waals surface area contributed by atoms with Crippen molar-refractivity contribution >= 4 is 0 Å². The molecule has 1 nitrogen and oxygen atoms in total. The Labute approximate surface area is 96.4 Å². The second-order valence-corrected chi connectivity index (χ2v) is 5.12. The molecule has 2 aliphatic rings. The number of nitriles is 1. The number of allylic oxidation sites excluding steroid dienone is 2. The fourth-order valence-corrected chi connectivity index (χ4v) is 3.29. The molecule has 0 amide bonds. The molecular weight excluding hydrogens is 194 g/mol. The first-order valence-electron chi connectivity index (χ1n) is 5.96. The van der Waals surface area contributed by atoms with Crippen molar-refractivity contribution in [3.8, 4) is 6.07 Å². The van der Waals surface area contributed by atoms with E-state index < -0.39 is 0 Å². The van der Waals surface area contributed by atoms with E-state index in [0.717, 1.165) is 12.8 Å². The molecule has 2 bridgehead atoms. The second-order valence-electron chi connectivity index (χ2n) is 5.12. The molecule has 16 heavy (non-hydrogen) atoms. The van der Waals surface area contributed by atoms with Gasteiger partial charge in [0.05, 0.1) is 11.5 Å². The van der Waals surface area contributed by atoms with Crippen LogP contribution in [-0.4, -0.2) is 0 Å². The van der Waals surface area contributed by atoms with E-state index in [1.54, 1.807) is 0 Å². The van der Waals surface area contributed by atoms with Crippen molar-refractivity contribution in [2.24, 2.45) is 17.3 Å². The second kappa shape index (κ2) is 3.49. The van der Waals surface area contributed by atoms with Crippen molar-refractivity contribution in [1.29, 1.82) is 5.26 Å². The molecule has 0 unspecified atom stereocenters. The third-order valence-corrected chi connectivity index (χ3v) is 4.09. The van der Waals surface area contributed by atoms with Crippen molar-refractivity contribution < 1.29 is 0 Å². The third-order valence-electron chi connectivity index (χ3n) is 4.09. The molecule has 3 atom stereocenters. The smallest absolute Gasteiger partial charge is 0.0699 e. The van der Waals surface area contributed by atoms with E-state index in [0.29, 0.717) is 11.8 Å². The van der Waals surface area contributed by atoms with E-state index in [1.807, 2.05) is 6.07 Å². The standard InChI is InChI=1S/C15H15N/c16-11-15(9-12-4-2-1-3-5-12)10-13-6-7-14(15)8-13/h1-7,13-14H,8-10H2/t13-,14+,15+/m1/s1. The summed E-state index contributed by atoms with van der Waals surface area (Å²) in [6.45, 7) is 0. The van der Waals surface area contributed by atoms with Gasteiger partial charge >= 0.3 is 0 Å². The van der Waals surface area contributed by atoms with Crippen molar-refractivity contribution in [2.75, 3.05) is 0 Å². The van der Waals surface area contributed by atoms with E-state index in [2.05, 4.69) is 42.5 Å².